The number of hydrogen-bond donors (Lipinski definition) is 2. The van der Waals surface area contributed by atoms with E-state index >= 15 is 0 Å². The van der Waals surface area contributed by atoms with Crippen LogP contribution in [0.4, 0.5) is 4.79 Å². The van der Waals surface area contributed by atoms with Crippen molar-refractivity contribution in [1.29, 1.82) is 0 Å². The first-order valence-corrected chi connectivity index (χ1v) is 8.33. The Bertz CT molecular complexity index is 652. The van der Waals surface area contributed by atoms with Crippen molar-refractivity contribution in [2.75, 3.05) is 13.7 Å². The van der Waals surface area contributed by atoms with E-state index in [9.17, 15) is 4.79 Å². The maximum absolute atomic E-state index is 11.3. The molecule has 1 amide bonds. The molecule has 1 aliphatic heterocycles. The molecule has 0 aliphatic carbocycles. The first kappa shape index (κ1) is 18.3. The SMILES string of the molecule is COC(=O)NC1=NCC(c2ccc(C(C)(C)C)c(C(C)(C)C)c2)N1. The zero-order valence-corrected chi connectivity index (χ0v) is 15.8. The molecule has 0 fully saturated rings. The summed E-state index contributed by atoms with van der Waals surface area (Å²) in [5.74, 6) is 0.462. The van der Waals surface area contributed by atoms with Gasteiger partial charge in [-0.25, -0.2) is 4.79 Å². The van der Waals surface area contributed by atoms with Gasteiger partial charge in [-0.2, -0.15) is 0 Å². The lowest BCUT2D eigenvalue weighted by molar-refractivity contribution is 0.176. The maximum atomic E-state index is 11.3. The predicted octanol–water partition coefficient (Wildman–Crippen LogP) is 3.64. The van der Waals surface area contributed by atoms with E-state index in [-0.39, 0.29) is 16.9 Å². The summed E-state index contributed by atoms with van der Waals surface area (Å²) in [6.45, 7) is 14.0. The summed E-state index contributed by atoms with van der Waals surface area (Å²) in [7, 11) is 1.34. The zero-order valence-electron chi connectivity index (χ0n) is 15.8. The largest absolute Gasteiger partial charge is 0.453 e. The van der Waals surface area contributed by atoms with Gasteiger partial charge in [0.1, 0.15) is 0 Å². The molecule has 1 unspecified atom stereocenters. The minimum Gasteiger partial charge on any atom is -0.453 e. The predicted molar refractivity (Wildman–Crippen MR) is 97.6 cm³/mol. The van der Waals surface area contributed by atoms with Gasteiger partial charge in [-0.3, -0.25) is 10.3 Å². The number of alkyl carbamates (subject to hydrolysis) is 1. The molecule has 0 saturated heterocycles. The molecule has 1 aromatic carbocycles. The van der Waals surface area contributed by atoms with Crippen LogP contribution in [0.25, 0.3) is 0 Å². The number of methoxy groups -OCH3 is 1. The van der Waals surface area contributed by atoms with Gasteiger partial charge in [-0.05, 0) is 27.5 Å². The monoisotopic (exact) mass is 331 g/mol. The number of carbonyl (C=O) groups excluding carboxylic acids is 1. The number of hydrogen-bond acceptors (Lipinski definition) is 4. The second-order valence-corrected chi connectivity index (χ2v) is 8.31. The number of amides is 1. The van der Waals surface area contributed by atoms with Crippen LogP contribution in [0.1, 0.15) is 64.3 Å². The zero-order chi connectivity index (χ0) is 18.1. The van der Waals surface area contributed by atoms with Gasteiger partial charge < -0.3 is 10.1 Å². The standard InChI is InChI=1S/C19H29N3O2/c1-18(2,3)13-9-8-12(10-14(13)19(4,5)6)15-11-20-16(21-15)22-17(23)24-7/h8-10,15H,11H2,1-7H3,(H2,20,21,22,23). The van der Waals surface area contributed by atoms with E-state index in [1.165, 1.54) is 23.8 Å². The van der Waals surface area contributed by atoms with E-state index in [2.05, 4.69) is 80.1 Å². The van der Waals surface area contributed by atoms with Crippen molar-refractivity contribution in [2.45, 2.75) is 58.4 Å². The summed E-state index contributed by atoms with van der Waals surface area (Å²) in [6.07, 6.45) is -0.514. The number of aliphatic imine (C=N–C) groups is 1. The van der Waals surface area contributed by atoms with Crippen LogP contribution in [0.2, 0.25) is 0 Å². The summed E-state index contributed by atoms with van der Waals surface area (Å²) in [5.41, 5.74) is 4.05. The Kier molecular flexibility index (Phi) is 4.92. The number of rotatable bonds is 1. The highest BCUT2D eigenvalue weighted by Gasteiger charge is 2.27. The van der Waals surface area contributed by atoms with Crippen LogP contribution in [0.3, 0.4) is 0 Å². The van der Waals surface area contributed by atoms with Crippen molar-refractivity contribution in [3.05, 3.63) is 34.9 Å². The van der Waals surface area contributed by atoms with Crippen molar-refractivity contribution in [1.82, 2.24) is 10.6 Å². The lowest BCUT2D eigenvalue weighted by Gasteiger charge is -2.31. The molecule has 0 bridgehead atoms. The molecule has 2 rings (SSSR count). The first-order chi connectivity index (χ1) is 11.0. The highest BCUT2D eigenvalue weighted by molar-refractivity contribution is 5.95. The first-order valence-electron chi connectivity index (χ1n) is 8.33. The molecule has 24 heavy (non-hydrogen) atoms. The van der Waals surface area contributed by atoms with Crippen molar-refractivity contribution in [2.24, 2.45) is 4.99 Å². The second-order valence-electron chi connectivity index (χ2n) is 8.31. The number of carbonyl (C=O) groups is 1. The molecule has 5 heteroatoms. The summed E-state index contributed by atoms with van der Waals surface area (Å²) >= 11 is 0. The molecular formula is C19H29N3O2. The van der Waals surface area contributed by atoms with Gasteiger partial charge in [-0.1, -0.05) is 59.7 Å². The topological polar surface area (TPSA) is 62.7 Å². The van der Waals surface area contributed by atoms with Crippen LogP contribution in [-0.2, 0) is 15.6 Å². The van der Waals surface area contributed by atoms with Crippen molar-refractivity contribution in [3.63, 3.8) is 0 Å². The molecule has 1 aromatic rings. The summed E-state index contributed by atoms with van der Waals surface area (Å²) < 4.78 is 4.60. The molecule has 1 heterocycles. The van der Waals surface area contributed by atoms with E-state index in [1.54, 1.807) is 0 Å². The Labute approximate surface area is 144 Å². The molecule has 0 saturated carbocycles. The number of nitrogens with zero attached hydrogens (tertiary/aromatic N) is 1. The van der Waals surface area contributed by atoms with Crippen LogP contribution in [0, 0.1) is 0 Å². The molecule has 0 radical (unpaired) electrons. The average Bonchev–Trinajstić information content (AvgIpc) is 2.93. The van der Waals surface area contributed by atoms with Gasteiger partial charge >= 0.3 is 6.09 Å². The third-order valence-corrected chi connectivity index (χ3v) is 4.21. The molecule has 2 N–H and O–H groups in total. The van der Waals surface area contributed by atoms with Crippen molar-refractivity contribution < 1.29 is 9.53 Å². The number of nitrogens with one attached hydrogen (secondary N) is 2. The quantitative estimate of drug-likeness (QED) is 0.826. The molecule has 5 nitrogen and oxygen atoms in total. The second kappa shape index (κ2) is 6.46. The van der Waals surface area contributed by atoms with Gasteiger partial charge in [0.25, 0.3) is 0 Å². The van der Waals surface area contributed by atoms with Crippen LogP contribution < -0.4 is 10.6 Å². The summed E-state index contributed by atoms with van der Waals surface area (Å²) in [4.78, 5) is 15.6. The lowest BCUT2D eigenvalue weighted by atomic mass is 9.74. The molecule has 1 atom stereocenters. The Balaban J connectivity index is 2.26. The Morgan fingerprint density at radius 2 is 1.79 bits per heavy atom. The molecule has 0 spiro atoms. The fourth-order valence-electron chi connectivity index (χ4n) is 2.90. The lowest BCUT2D eigenvalue weighted by Crippen LogP contribution is -2.39. The van der Waals surface area contributed by atoms with E-state index in [1.807, 2.05) is 0 Å². The number of ether oxygens (including phenoxy) is 1. The van der Waals surface area contributed by atoms with Crippen LogP contribution in [0.15, 0.2) is 23.2 Å². The Morgan fingerprint density at radius 3 is 2.33 bits per heavy atom. The fraction of sp³-hybridized carbons (Fsp3) is 0.579. The highest BCUT2D eigenvalue weighted by atomic mass is 16.5. The smallest absolute Gasteiger partial charge is 0.413 e. The van der Waals surface area contributed by atoms with E-state index in [0.717, 1.165) is 0 Å². The van der Waals surface area contributed by atoms with Crippen LogP contribution in [0.5, 0.6) is 0 Å². The van der Waals surface area contributed by atoms with Gasteiger partial charge in [0.15, 0.2) is 0 Å². The summed E-state index contributed by atoms with van der Waals surface area (Å²) in [5, 5.41) is 5.83. The highest BCUT2D eigenvalue weighted by Crippen LogP contribution is 2.35. The van der Waals surface area contributed by atoms with Gasteiger partial charge in [0.05, 0.1) is 19.7 Å². The van der Waals surface area contributed by atoms with Crippen LogP contribution in [-0.4, -0.2) is 25.7 Å². The van der Waals surface area contributed by atoms with Crippen LogP contribution >= 0.6 is 0 Å². The van der Waals surface area contributed by atoms with E-state index in [4.69, 9.17) is 0 Å². The molecule has 0 aromatic heterocycles. The average molecular weight is 331 g/mol. The number of benzene rings is 1. The number of guanidine groups is 1. The van der Waals surface area contributed by atoms with Crippen molar-refractivity contribution >= 4 is 12.1 Å². The van der Waals surface area contributed by atoms with Gasteiger partial charge in [0, 0.05) is 0 Å². The molecule has 1 aliphatic rings. The third kappa shape index (κ3) is 4.08. The molecular weight excluding hydrogens is 302 g/mol. The molecule has 132 valence electrons. The Morgan fingerprint density at radius 1 is 1.17 bits per heavy atom. The fourth-order valence-corrected chi connectivity index (χ4v) is 2.90. The van der Waals surface area contributed by atoms with E-state index < -0.39 is 6.09 Å². The van der Waals surface area contributed by atoms with Gasteiger partial charge in [0.2, 0.25) is 5.96 Å². The minimum absolute atomic E-state index is 0.0607. The van der Waals surface area contributed by atoms with Gasteiger partial charge in [-0.15, -0.1) is 0 Å². The third-order valence-electron chi connectivity index (χ3n) is 4.21. The Hall–Kier alpha value is -2.04. The maximum Gasteiger partial charge on any atom is 0.413 e. The summed E-state index contributed by atoms with van der Waals surface area (Å²) in [6, 6.07) is 6.72. The normalized spacial score (nSPS) is 18.0. The minimum atomic E-state index is -0.514. The van der Waals surface area contributed by atoms with E-state index in [0.29, 0.717) is 12.5 Å². The van der Waals surface area contributed by atoms with Crippen molar-refractivity contribution in [3.8, 4) is 0 Å².